The van der Waals surface area contributed by atoms with Crippen LogP contribution in [0.25, 0.3) is 0 Å². The summed E-state index contributed by atoms with van der Waals surface area (Å²) >= 11 is 5.85. The van der Waals surface area contributed by atoms with Gasteiger partial charge in [-0.05, 0) is 37.3 Å². The molecule has 2 rings (SSSR count). The van der Waals surface area contributed by atoms with E-state index in [4.69, 9.17) is 16.3 Å². The first kappa shape index (κ1) is 13.7. The maximum atomic E-state index is 13.5. The van der Waals surface area contributed by atoms with Crippen molar-refractivity contribution < 1.29 is 9.13 Å². The Bertz CT molecular complexity index is 560. The van der Waals surface area contributed by atoms with Gasteiger partial charge in [0.2, 0.25) is 0 Å². The zero-order valence-corrected chi connectivity index (χ0v) is 11.4. The smallest absolute Gasteiger partial charge is 0.128 e. The Hall–Kier alpha value is -1.74. The van der Waals surface area contributed by atoms with E-state index < -0.39 is 0 Å². The predicted molar refractivity (Wildman–Crippen MR) is 76.3 cm³/mol. The van der Waals surface area contributed by atoms with Crippen LogP contribution in [0.5, 0.6) is 5.75 Å². The van der Waals surface area contributed by atoms with Crippen molar-refractivity contribution in [1.82, 2.24) is 0 Å². The minimum Gasteiger partial charge on any atom is -0.494 e. The van der Waals surface area contributed by atoms with E-state index in [1.165, 1.54) is 12.1 Å². The minimum atomic E-state index is -0.266. The maximum absolute atomic E-state index is 13.5. The van der Waals surface area contributed by atoms with Gasteiger partial charge in [-0.2, -0.15) is 0 Å². The van der Waals surface area contributed by atoms with Crippen molar-refractivity contribution in [3.63, 3.8) is 0 Å². The van der Waals surface area contributed by atoms with Crippen molar-refractivity contribution in [1.29, 1.82) is 0 Å². The van der Waals surface area contributed by atoms with Crippen molar-refractivity contribution in [3.8, 4) is 5.75 Å². The topological polar surface area (TPSA) is 21.3 Å². The molecule has 0 saturated carbocycles. The van der Waals surface area contributed by atoms with Gasteiger partial charge in [-0.15, -0.1) is 0 Å². The van der Waals surface area contributed by atoms with Crippen LogP contribution in [0.15, 0.2) is 42.5 Å². The fourth-order valence-corrected chi connectivity index (χ4v) is 1.93. The van der Waals surface area contributed by atoms with Gasteiger partial charge in [0.15, 0.2) is 0 Å². The number of rotatable bonds is 5. The molecule has 0 unspecified atom stereocenters. The van der Waals surface area contributed by atoms with E-state index in [2.05, 4.69) is 5.32 Å². The van der Waals surface area contributed by atoms with Gasteiger partial charge in [0.1, 0.15) is 11.6 Å². The van der Waals surface area contributed by atoms with E-state index in [0.29, 0.717) is 23.7 Å². The lowest BCUT2D eigenvalue weighted by molar-refractivity contribution is 0.340. The molecule has 0 bridgehead atoms. The average Bonchev–Trinajstić information content (AvgIpc) is 2.41. The molecule has 2 nitrogen and oxygen atoms in total. The number of halogens is 2. The molecule has 0 aliphatic heterocycles. The summed E-state index contributed by atoms with van der Waals surface area (Å²) in [6, 6.07) is 12.1. The van der Waals surface area contributed by atoms with E-state index in [1.54, 1.807) is 6.07 Å². The lowest BCUT2D eigenvalue weighted by Crippen LogP contribution is -2.02. The molecule has 0 aliphatic carbocycles. The molecular weight excluding hydrogens is 265 g/mol. The summed E-state index contributed by atoms with van der Waals surface area (Å²) in [5.41, 5.74) is 1.42. The SMILES string of the molecule is CCOc1cccc(NCc2cc(Cl)ccc2F)c1. The molecule has 0 spiro atoms. The van der Waals surface area contributed by atoms with E-state index in [0.717, 1.165) is 11.4 Å². The van der Waals surface area contributed by atoms with Crippen LogP contribution in [0.3, 0.4) is 0 Å². The summed E-state index contributed by atoms with van der Waals surface area (Å²) in [7, 11) is 0. The third-order valence-electron chi connectivity index (χ3n) is 2.64. The Morgan fingerprint density at radius 2 is 2.05 bits per heavy atom. The van der Waals surface area contributed by atoms with Gasteiger partial charge in [-0.3, -0.25) is 0 Å². The highest BCUT2D eigenvalue weighted by atomic mass is 35.5. The summed E-state index contributed by atoms with van der Waals surface area (Å²) < 4.78 is 19.0. The second-order valence-corrected chi connectivity index (χ2v) is 4.49. The Kier molecular flexibility index (Phi) is 4.63. The lowest BCUT2D eigenvalue weighted by Gasteiger charge is -2.09. The van der Waals surface area contributed by atoms with E-state index >= 15 is 0 Å². The third kappa shape index (κ3) is 3.86. The van der Waals surface area contributed by atoms with Crippen molar-refractivity contribution in [2.24, 2.45) is 0 Å². The molecule has 100 valence electrons. The van der Waals surface area contributed by atoms with Gasteiger partial charge >= 0.3 is 0 Å². The number of nitrogens with one attached hydrogen (secondary N) is 1. The van der Waals surface area contributed by atoms with Gasteiger partial charge in [0.25, 0.3) is 0 Å². The molecule has 19 heavy (non-hydrogen) atoms. The van der Waals surface area contributed by atoms with Crippen molar-refractivity contribution in [2.45, 2.75) is 13.5 Å². The van der Waals surface area contributed by atoms with Gasteiger partial charge in [-0.1, -0.05) is 17.7 Å². The zero-order chi connectivity index (χ0) is 13.7. The largest absolute Gasteiger partial charge is 0.494 e. The molecule has 0 atom stereocenters. The molecule has 0 aliphatic rings. The first-order valence-electron chi connectivity index (χ1n) is 6.09. The first-order chi connectivity index (χ1) is 9.19. The third-order valence-corrected chi connectivity index (χ3v) is 2.87. The Balaban J connectivity index is 2.05. The average molecular weight is 280 g/mol. The predicted octanol–water partition coefficient (Wildman–Crippen LogP) is 4.49. The quantitative estimate of drug-likeness (QED) is 0.871. The molecular formula is C15H15ClFNO. The van der Waals surface area contributed by atoms with E-state index in [9.17, 15) is 4.39 Å². The lowest BCUT2D eigenvalue weighted by atomic mass is 10.2. The number of hydrogen-bond donors (Lipinski definition) is 1. The zero-order valence-electron chi connectivity index (χ0n) is 10.6. The fraction of sp³-hybridized carbons (Fsp3) is 0.200. The highest BCUT2D eigenvalue weighted by Crippen LogP contribution is 2.20. The summed E-state index contributed by atoms with van der Waals surface area (Å²) in [5.74, 6) is 0.525. The van der Waals surface area contributed by atoms with Crippen molar-refractivity contribution >= 4 is 17.3 Å². The number of ether oxygens (including phenoxy) is 1. The Morgan fingerprint density at radius 1 is 1.21 bits per heavy atom. The van der Waals surface area contributed by atoms with Crippen LogP contribution in [0.4, 0.5) is 10.1 Å². The highest BCUT2D eigenvalue weighted by Gasteiger charge is 2.03. The molecule has 2 aromatic rings. The molecule has 1 N–H and O–H groups in total. The number of hydrogen-bond acceptors (Lipinski definition) is 2. The molecule has 0 heterocycles. The molecule has 0 amide bonds. The minimum absolute atomic E-state index is 0.266. The van der Waals surface area contributed by atoms with Gasteiger partial charge < -0.3 is 10.1 Å². The summed E-state index contributed by atoms with van der Waals surface area (Å²) in [5, 5.41) is 3.68. The Labute approximate surface area is 117 Å². The van der Waals surface area contributed by atoms with Crippen molar-refractivity contribution in [2.75, 3.05) is 11.9 Å². The van der Waals surface area contributed by atoms with Crippen LogP contribution in [0, 0.1) is 5.82 Å². The number of benzene rings is 2. The molecule has 0 fully saturated rings. The molecule has 2 aromatic carbocycles. The van der Waals surface area contributed by atoms with E-state index in [-0.39, 0.29) is 5.82 Å². The number of anilines is 1. The molecule has 0 radical (unpaired) electrons. The Morgan fingerprint density at radius 3 is 2.84 bits per heavy atom. The normalized spacial score (nSPS) is 10.3. The maximum Gasteiger partial charge on any atom is 0.128 e. The highest BCUT2D eigenvalue weighted by molar-refractivity contribution is 6.30. The van der Waals surface area contributed by atoms with E-state index in [1.807, 2.05) is 31.2 Å². The van der Waals surface area contributed by atoms with Gasteiger partial charge in [0.05, 0.1) is 6.61 Å². The van der Waals surface area contributed by atoms with Crippen molar-refractivity contribution in [3.05, 3.63) is 58.9 Å². The molecule has 0 saturated heterocycles. The van der Waals surface area contributed by atoms with Crippen LogP contribution in [-0.4, -0.2) is 6.61 Å². The van der Waals surface area contributed by atoms with Crippen LogP contribution in [-0.2, 0) is 6.54 Å². The second kappa shape index (κ2) is 6.43. The van der Waals surface area contributed by atoms with Gasteiger partial charge in [-0.25, -0.2) is 4.39 Å². The summed E-state index contributed by atoms with van der Waals surface area (Å²) in [6.45, 7) is 2.93. The molecule has 0 aromatic heterocycles. The first-order valence-corrected chi connectivity index (χ1v) is 6.47. The van der Waals surface area contributed by atoms with Gasteiger partial charge in [0, 0.05) is 28.9 Å². The monoisotopic (exact) mass is 279 g/mol. The van der Waals surface area contributed by atoms with Crippen LogP contribution >= 0.6 is 11.6 Å². The second-order valence-electron chi connectivity index (χ2n) is 4.05. The fourth-order valence-electron chi connectivity index (χ4n) is 1.74. The summed E-state index contributed by atoms with van der Waals surface area (Å²) in [4.78, 5) is 0. The molecule has 4 heteroatoms. The van der Waals surface area contributed by atoms with Crippen LogP contribution in [0.2, 0.25) is 5.02 Å². The van der Waals surface area contributed by atoms with Crippen LogP contribution in [0.1, 0.15) is 12.5 Å². The standard InChI is InChI=1S/C15H15ClFNO/c1-2-19-14-5-3-4-13(9-14)18-10-11-8-12(16)6-7-15(11)17/h3-9,18H,2,10H2,1H3. The van der Waals surface area contributed by atoms with Crippen LogP contribution < -0.4 is 10.1 Å². The summed E-state index contributed by atoms with van der Waals surface area (Å²) in [6.07, 6.45) is 0.